The molecule has 5 heteroatoms. The maximum Gasteiger partial charge on any atom is 0.413 e. The monoisotopic (exact) mass is 251 g/mol. The largest absolute Gasteiger partial charge is 0.465 e. The zero-order chi connectivity index (χ0) is 14.1. The number of nitrogens with two attached hydrogens (primary N) is 1. The summed E-state index contributed by atoms with van der Waals surface area (Å²) in [5.74, 6) is 0.446. The molecule has 0 saturated carbocycles. The van der Waals surface area contributed by atoms with Crippen LogP contribution >= 0.6 is 0 Å². The molecule has 1 heterocycles. The number of aryl methyl sites for hydroxylation is 2. The quantitative estimate of drug-likeness (QED) is 0.846. The smallest absolute Gasteiger partial charge is 0.413 e. The van der Waals surface area contributed by atoms with Crippen LogP contribution in [0.4, 0.5) is 10.6 Å². The van der Waals surface area contributed by atoms with Crippen LogP contribution < -0.4 is 10.6 Å². The lowest BCUT2D eigenvalue weighted by Gasteiger charge is -2.32. The van der Waals surface area contributed by atoms with Crippen molar-refractivity contribution in [3.63, 3.8) is 0 Å². The van der Waals surface area contributed by atoms with E-state index >= 15 is 0 Å². The normalized spacial score (nSPS) is 11.4. The number of amides is 1. The third-order valence-electron chi connectivity index (χ3n) is 2.84. The standard InChI is InChI=1S/C13H21N3O2/c1-8-6-11(15-9(2)10(8)7-14)16(12(17)18)13(3,4)5/h6H,7,14H2,1-5H3,(H,17,18). The molecule has 3 N–H and O–H groups in total. The molecule has 0 fully saturated rings. The van der Waals surface area contributed by atoms with Gasteiger partial charge in [0.1, 0.15) is 5.82 Å². The molecule has 18 heavy (non-hydrogen) atoms. The Morgan fingerprint density at radius 3 is 2.33 bits per heavy atom. The van der Waals surface area contributed by atoms with Gasteiger partial charge in [0.2, 0.25) is 0 Å². The molecule has 0 aliphatic heterocycles. The lowest BCUT2D eigenvalue weighted by atomic mass is 10.0. The van der Waals surface area contributed by atoms with E-state index in [1.807, 2.05) is 34.6 Å². The van der Waals surface area contributed by atoms with Crippen molar-refractivity contribution < 1.29 is 9.90 Å². The van der Waals surface area contributed by atoms with Crippen LogP contribution in [-0.2, 0) is 6.54 Å². The number of hydrogen-bond donors (Lipinski definition) is 2. The van der Waals surface area contributed by atoms with Crippen LogP contribution in [-0.4, -0.2) is 21.7 Å². The van der Waals surface area contributed by atoms with Gasteiger partial charge in [0, 0.05) is 17.8 Å². The molecule has 1 aromatic heterocycles. The van der Waals surface area contributed by atoms with Gasteiger partial charge in [0.05, 0.1) is 0 Å². The summed E-state index contributed by atoms with van der Waals surface area (Å²) in [6.07, 6.45) is -1.01. The third kappa shape index (κ3) is 2.79. The first-order valence-electron chi connectivity index (χ1n) is 5.88. The molecule has 0 aliphatic carbocycles. The van der Waals surface area contributed by atoms with E-state index in [0.29, 0.717) is 12.4 Å². The fourth-order valence-electron chi connectivity index (χ4n) is 1.99. The van der Waals surface area contributed by atoms with Crippen LogP contribution in [0.3, 0.4) is 0 Å². The predicted molar refractivity (Wildman–Crippen MR) is 71.9 cm³/mol. The lowest BCUT2D eigenvalue weighted by molar-refractivity contribution is 0.195. The summed E-state index contributed by atoms with van der Waals surface area (Å²) in [7, 11) is 0. The SMILES string of the molecule is Cc1cc(N(C(=O)O)C(C)(C)C)nc(C)c1CN. The minimum Gasteiger partial charge on any atom is -0.465 e. The molecule has 0 aliphatic rings. The molecule has 1 aromatic rings. The fourth-order valence-corrected chi connectivity index (χ4v) is 1.99. The summed E-state index contributed by atoms with van der Waals surface area (Å²) in [6.45, 7) is 9.69. The number of aromatic nitrogens is 1. The first-order chi connectivity index (χ1) is 8.18. The molecule has 0 atom stereocenters. The molecule has 0 bridgehead atoms. The number of nitrogens with zero attached hydrogens (tertiary/aromatic N) is 2. The second-order valence-corrected chi connectivity index (χ2v) is 5.35. The molecule has 1 amide bonds. The van der Waals surface area contributed by atoms with Gasteiger partial charge >= 0.3 is 6.09 Å². The van der Waals surface area contributed by atoms with Crippen molar-refractivity contribution in [2.45, 2.75) is 46.7 Å². The Labute approximate surface area is 108 Å². The number of rotatable bonds is 2. The highest BCUT2D eigenvalue weighted by molar-refractivity contribution is 5.86. The lowest BCUT2D eigenvalue weighted by Crippen LogP contribution is -2.45. The van der Waals surface area contributed by atoms with Gasteiger partial charge in [-0.1, -0.05) is 0 Å². The Kier molecular flexibility index (Phi) is 3.96. The second kappa shape index (κ2) is 4.94. The van der Waals surface area contributed by atoms with Gasteiger partial charge in [0.15, 0.2) is 0 Å². The molecular weight excluding hydrogens is 230 g/mol. The molecule has 0 radical (unpaired) electrons. The Morgan fingerprint density at radius 2 is 2.00 bits per heavy atom. The Hall–Kier alpha value is -1.62. The van der Waals surface area contributed by atoms with E-state index in [9.17, 15) is 9.90 Å². The summed E-state index contributed by atoms with van der Waals surface area (Å²) in [6, 6.07) is 1.77. The highest BCUT2D eigenvalue weighted by Gasteiger charge is 2.29. The summed E-state index contributed by atoms with van der Waals surface area (Å²) < 4.78 is 0. The topological polar surface area (TPSA) is 79.5 Å². The molecule has 0 spiro atoms. The van der Waals surface area contributed by atoms with E-state index in [2.05, 4.69) is 4.98 Å². The van der Waals surface area contributed by atoms with Crippen molar-refractivity contribution in [2.24, 2.45) is 5.73 Å². The molecule has 100 valence electrons. The number of carbonyl (C=O) groups is 1. The van der Waals surface area contributed by atoms with Gasteiger partial charge in [-0.15, -0.1) is 0 Å². The molecule has 5 nitrogen and oxygen atoms in total. The molecular formula is C13H21N3O2. The van der Waals surface area contributed by atoms with E-state index in [-0.39, 0.29) is 0 Å². The van der Waals surface area contributed by atoms with Gasteiger partial charge in [-0.3, -0.25) is 4.90 Å². The van der Waals surface area contributed by atoms with E-state index in [0.717, 1.165) is 16.8 Å². The number of carboxylic acid groups (broad SMARTS) is 1. The maximum atomic E-state index is 11.4. The van der Waals surface area contributed by atoms with Crippen molar-refractivity contribution >= 4 is 11.9 Å². The van der Waals surface area contributed by atoms with Gasteiger partial charge in [-0.25, -0.2) is 9.78 Å². The van der Waals surface area contributed by atoms with Crippen molar-refractivity contribution in [2.75, 3.05) is 4.90 Å². The van der Waals surface area contributed by atoms with E-state index in [1.165, 1.54) is 4.90 Å². The van der Waals surface area contributed by atoms with E-state index in [1.54, 1.807) is 6.07 Å². The Balaban J connectivity index is 3.36. The maximum absolute atomic E-state index is 11.4. The van der Waals surface area contributed by atoms with Gasteiger partial charge in [-0.2, -0.15) is 0 Å². The molecule has 0 aromatic carbocycles. The third-order valence-corrected chi connectivity index (χ3v) is 2.84. The molecule has 0 unspecified atom stereocenters. The zero-order valence-corrected chi connectivity index (χ0v) is 11.6. The van der Waals surface area contributed by atoms with Crippen LogP contribution in [0.15, 0.2) is 6.07 Å². The minimum absolute atomic E-state index is 0.410. The first kappa shape index (κ1) is 14.4. The van der Waals surface area contributed by atoms with Crippen molar-refractivity contribution in [3.05, 3.63) is 22.9 Å². The summed E-state index contributed by atoms with van der Waals surface area (Å²) in [5.41, 5.74) is 7.83. The Bertz CT molecular complexity index is 441. The van der Waals surface area contributed by atoms with E-state index < -0.39 is 11.6 Å². The molecule has 1 rings (SSSR count). The van der Waals surface area contributed by atoms with Crippen LogP contribution in [0.2, 0.25) is 0 Å². The highest BCUT2D eigenvalue weighted by atomic mass is 16.4. The van der Waals surface area contributed by atoms with Crippen molar-refractivity contribution in [3.8, 4) is 0 Å². The average molecular weight is 251 g/mol. The zero-order valence-electron chi connectivity index (χ0n) is 11.6. The number of anilines is 1. The van der Waals surface area contributed by atoms with Crippen molar-refractivity contribution in [1.29, 1.82) is 0 Å². The van der Waals surface area contributed by atoms with Crippen molar-refractivity contribution in [1.82, 2.24) is 4.98 Å². The minimum atomic E-state index is -1.01. The summed E-state index contributed by atoms with van der Waals surface area (Å²) in [4.78, 5) is 17.0. The Morgan fingerprint density at radius 1 is 1.44 bits per heavy atom. The summed E-state index contributed by atoms with van der Waals surface area (Å²) in [5, 5.41) is 9.33. The van der Waals surface area contributed by atoms with Gasteiger partial charge in [-0.05, 0) is 51.8 Å². The predicted octanol–water partition coefficient (Wildman–Crippen LogP) is 2.44. The van der Waals surface area contributed by atoms with Gasteiger partial charge < -0.3 is 10.8 Å². The van der Waals surface area contributed by atoms with Crippen LogP contribution in [0, 0.1) is 13.8 Å². The first-order valence-corrected chi connectivity index (χ1v) is 5.88. The van der Waals surface area contributed by atoms with Crippen LogP contribution in [0.25, 0.3) is 0 Å². The number of pyridine rings is 1. The van der Waals surface area contributed by atoms with Crippen LogP contribution in [0.1, 0.15) is 37.6 Å². The second-order valence-electron chi connectivity index (χ2n) is 5.35. The van der Waals surface area contributed by atoms with E-state index in [4.69, 9.17) is 5.73 Å². The molecule has 0 saturated heterocycles. The average Bonchev–Trinajstić information content (AvgIpc) is 2.13. The van der Waals surface area contributed by atoms with Gasteiger partial charge in [0.25, 0.3) is 0 Å². The van der Waals surface area contributed by atoms with Crippen LogP contribution in [0.5, 0.6) is 0 Å². The highest BCUT2D eigenvalue weighted by Crippen LogP contribution is 2.25. The number of hydrogen-bond acceptors (Lipinski definition) is 3. The summed E-state index contributed by atoms with van der Waals surface area (Å²) >= 11 is 0. The fraction of sp³-hybridized carbons (Fsp3) is 0.538.